The van der Waals surface area contributed by atoms with Crippen molar-refractivity contribution in [3.63, 3.8) is 0 Å². The third-order valence-electron chi connectivity index (χ3n) is 3.36. The Labute approximate surface area is 134 Å². The first-order chi connectivity index (χ1) is 9.99. The van der Waals surface area contributed by atoms with E-state index in [0.717, 1.165) is 10.0 Å². The van der Waals surface area contributed by atoms with Gasteiger partial charge in [-0.15, -0.1) is 0 Å². The Kier molecular flexibility index (Phi) is 3.47. The van der Waals surface area contributed by atoms with E-state index in [0.29, 0.717) is 16.3 Å². The molecule has 2 aromatic carbocycles. The molecule has 1 aliphatic heterocycles. The average molecular weight is 366 g/mol. The van der Waals surface area contributed by atoms with E-state index < -0.39 is 0 Å². The van der Waals surface area contributed by atoms with Crippen LogP contribution in [-0.4, -0.2) is 16.7 Å². The van der Waals surface area contributed by atoms with Crippen LogP contribution in [0.25, 0.3) is 0 Å². The highest BCUT2D eigenvalue weighted by Gasteiger charge is 2.36. The van der Waals surface area contributed by atoms with Gasteiger partial charge in [-0.3, -0.25) is 14.5 Å². The zero-order valence-electron chi connectivity index (χ0n) is 10.8. The summed E-state index contributed by atoms with van der Waals surface area (Å²) in [5, 5.41) is 0.574. The van der Waals surface area contributed by atoms with Crippen LogP contribution in [0.4, 0.5) is 5.69 Å². The number of hydrogen-bond acceptors (Lipinski definition) is 3. The first kappa shape index (κ1) is 14.1. The van der Waals surface area contributed by atoms with Crippen molar-refractivity contribution in [1.29, 1.82) is 0 Å². The topological polar surface area (TPSA) is 63.4 Å². The minimum Gasteiger partial charge on any atom is -0.398 e. The number of nitrogen functional groups attached to an aromatic ring is 1. The summed E-state index contributed by atoms with van der Waals surface area (Å²) >= 11 is 9.26. The van der Waals surface area contributed by atoms with Gasteiger partial charge < -0.3 is 5.73 Å². The molecule has 0 fully saturated rings. The van der Waals surface area contributed by atoms with Crippen molar-refractivity contribution >= 4 is 45.0 Å². The Bertz CT molecular complexity index is 776. The molecule has 0 atom stereocenters. The molecule has 1 aliphatic rings. The molecule has 2 amide bonds. The number of amides is 2. The first-order valence-corrected chi connectivity index (χ1v) is 7.34. The zero-order valence-corrected chi connectivity index (χ0v) is 13.1. The van der Waals surface area contributed by atoms with Crippen LogP contribution in [0.5, 0.6) is 0 Å². The molecule has 0 spiro atoms. The molecular weight excluding hydrogens is 356 g/mol. The number of hydrogen-bond donors (Lipinski definition) is 1. The summed E-state index contributed by atoms with van der Waals surface area (Å²) in [4.78, 5) is 25.9. The molecule has 2 N–H and O–H groups in total. The van der Waals surface area contributed by atoms with Crippen molar-refractivity contribution in [1.82, 2.24) is 4.90 Å². The molecule has 21 heavy (non-hydrogen) atoms. The van der Waals surface area contributed by atoms with E-state index in [4.69, 9.17) is 17.3 Å². The molecule has 0 aliphatic carbocycles. The van der Waals surface area contributed by atoms with Crippen LogP contribution in [0.15, 0.2) is 40.9 Å². The fourth-order valence-corrected chi connectivity index (χ4v) is 2.87. The molecular formula is C15H10BrClN2O2. The molecule has 0 saturated carbocycles. The number of carbonyl (C=O) groups excluding carboxylic acids is 2. The molecule has 0 aromatic heterocycles. The molecule has 0 unspecified atom stereocenters. The Morgan fingerprint density at radius 3 is 2.57 bits per heavy atom. The fourth-order valence-electron chi connectivity index (χ4n) is 2.32. The third kappa shape index (κ3) is 2.32. The zero-order chi connectivity index (χ0) is 15.1. The van der Waals surface area contributed by atoms with Crippen molar-refractivity contribution in [3.05, 3.63) is 62.6 Å². The van der Waals surface area contributed by atoms with E-state index in [-0.39, 0.29) is 23.9 Å². The lowest BCUT2D eigenvalue weighted by Gasteiger charge is -2.14. The summed E-state index contributed by atoms with van der Waals surface area (Å²) in [5.41, 5.74) is 7.57. The smallest absolute Gasteiger partial charge is 0.263 e. The number of rotatable bonds is 2. The highest BCUT2D eigenvalue weighted by Crippen LogP contribution is 2.30. The normalized spacial score (nSPS) is 13.7. The van der Waals surface area contributed by atoms with E-state index in [1.54, 1.807) is 36.4 Å². The van der Waals surface area contributed by atoms with Gasteiger partial charge in [0.15, 0.2) is 0 Å². The minimum absolute atomic E-state index is 0.182. The van der Waals surface area contributed by atoms with Crippen LogP contribution >= 0.6 is 27.5 Å². The molecule has 106 valence electrons. The number of anilines is 1. The largest absolute Gasteiger partial charge is 0.398 e. The number of fused-ring (bicyclic) bond motifs is 1. The predicted octanol–water partition coefficient (Wildman–Crippen LogP) is 3.48. The molecule has 2 aromatic rings. The number of benzene rings is 2. The minimum atomic E-state index is -0.362. The Morgan fingerprint density at radius 2 is 1.90 bits per heavy atom. The summed E-state index contributed by atoms with van der Waals surface area (Å²) in [5.74, 6) is -0.687. The van der Waals surface area contributed by atoms with Crippen LogP contribution in [0.2, 0.25) is 5.02 Å². The fraction of sp³-hybridized carbons (Fsp3) is 0.0667. The van der Waals surface area contributed by atoms with Gasteiger partial charge in [0.1, 0.15) is 0 Å². The van der Waals surface area contributed by atoms with E-state index in [9.17, 15) is 9.59 Å². The lowest BCUT2D eigenvalue weighted by molar-refractivity contribution is 0.0642. The van der Waals surface area contributed by atoms with Gasteiger partial charge in [-0.25, -0.2) is 0 Å². The van der Waals surface area contributed by atoms with Gasteiger partial charge in [0, 0.05) is 10.2 Å². The Balaban J connectivity index is 1.95. The average Bonchev–Trinajstić information content (AvgIpc) is 2.69. The van der Waals surface area contributed by atoms with Gasteiger partial charge in [-0.05, 0) is 45.8 Å². The summed E-state index contributed by atoms with van der Waals surface area (Å²) in [6, 6.07) is 10.2. The van der Waals surface area contributed by atoms with Gasteiger partial charge >= 0.3 is 0 Å². The van der Waals surface area contributed by atoms with Gasteiger partial charge in [0.05, 0.1) is 22.7 Å². The van der Waals surface area contributed by atoms with Crippen molar-refractivity contribution in [3.8, 4) is 0 Å². The SMILES string of the molecule is Nc1cccc2c1C(=O)N(Cc1ccc(Cl)c(Br)c1)C2=O. The maximum absolute atomic E-state index is 12.4. The third-order valence-corrected chi connectivity index (χ3v) is 4.57. The molecule has 4 nitrogen and oxygen atoms in total. The van der Waals surface area contributed by atoms with E-state index >= 15 is 0 Å². The molecule has 0 radical (unpaired) electrons. The highest BCUT2D eigenvalue weighted by atomic mass is 79.9. The molecule has 0 bridgehead atoms. The van der Waals surface area contributed by atoms with Crippen molar-refractivity contribution < 1.29 is 9.59 Å². The maximum Gasteiger partial charge on any atom is 0.263 e. The lowest BCUT2D eigenvalue weighted by atomic mass is 10.1. The van der Waals surface area contributed by atoms with Crippen molar-refractivity contribution in [2.24, 2.45) is 0 Å². The number of carbonyl (C=O) groups is 2. The number of halogens is 2. The van der Waals surface area contributed by atoms with Gasteiger partial charge in [-0.2, -0.15) is 0 Å². The molecule has 3 rings (SSSR count). The van der Waals surface area contributed by atoms with E-state index in [2.05, 4.69) is 15.9 Å². The van der Waals surface area contributed by atoms with E-state index in [1.165, 1.54) is 4.90 Å². The lowest BCUT2D eigenvalue weighted by Crippen LogP contribution is -2.29. The second-order valence-corrected chi connectivity index (χ2v) is 5.98. The van der Waals surface area contributed by atoms with Crippen molar-refractivity contribution in [2.75, 3.05) is 5.73 Å². The standard InChI is InChI=1S/C15H10BrClN2O2/c16-10-6-8(4-5-11(10)17)7-19-14(20)9-2-1-3-12(18)13(9)15(19)21/h1-6H,7,18H2. The summed E-state index contributed by atoms with van der Waals surface area (Å²) in [7, 11) is 0. The van der Waals surface area contributed by atoms with Gasteiger partial charge in [0.25, 0.3) is 11.8 Å². The quantitative estimate of drug-likeness (QED) is 0.654. The van der Waals surface area contributed by atoms with Crippen LogP contribution in [0, 0.1) is 0 Å². The van der Waals surface area contributed by atoms with Crippen molar-refractivity contribution in [2.45, 2.75) is 6.54 Å². The molecule has 1 heterocycles. The van der Waals surface area contributed by atoms with Crippen LogP contribution < -0.4 is 5.73 Å². The predicted molar refractivity (Wildman–Crippen MR) is 84.2 cm³/mol. The van der Waals surface area contributed by atoms with Crippen LogP contribution in [0.1, 0.15) is 26.3 Å². The van der Waals surface area contributed by atoms with Crippen LogP contribution in [-0.2, 0) is 6.54 Å². The second kappa shape index (κ2) is 5.16. The number of nitrogens with zero attached hydrogens (tertiary/aromatic N) is 1. The number of imide groups is 1. The molecule has 0 saturated heterocycles. The second-order valence-electron chi connectivity index (χ2n) is 4.71. The van der Waals surface area contributed by atoms with Gasteiger partial charge in [-0.1, -0.05) is 23.7 Å². The maximum atomic E-state index is 12.4. The summed E-state index contributed by atoms with van der Waals surface area (Å²) in [6.07, 6.45) is 0. The summed E-state index contributed by atoms with van der Waals surface area (Å²) in [6.45, 7) is 0.182. The highest BCUT2D eigenvalue weighted by molar-refractivity contribution is 9.10. The monoisotopic (exact) mass is 364 g/mol. The molecule has 6 heteroatoms. The Morgan fingerprint density at radius 1 is 1.14 bits per heavy atom. The summed E-state index contributed by atoms with van der Waals surface area (Å²) < 4.78 is 0.720. The number of nitrogens with two attached hydrogens (primary N) is 1. The van der Waals surface area contributed by atoms with Gasteiger partial charge in [0.2, 0.25) is 0 Å². The first-order valence-electron chi connectivity index (χ1n) is 6.17. The van der Waals surface area contributed by atoms with Crippen LogP contribution in [0.3, 0.4) is 0 Å². The Hall–Kier alpha value is -1.85. The van der Waals surface area contributed by atoms with E-state index in [1.807, 2.05) is 0 Å².